The second-order valence-electron chi connectivity index (χ2n) is 9.00. The molecule has 0 atom stereocenters. The average molecular weight is 532 g/mol. The van der Waals surface area contributed by atoms with Gasteiger partial charge in [-0.05, 0) is 31.7 Å². The van der Waals surface area contributed by atoms with Crippen molar-refractivity contribution in [2.75, 3.05) is 5.73 Å². The van der Waals surface area contributed by atoms with Crippen LogP contribution in [0, 0.1) is 33.4 Å². The third-order valence-electron chi connectivity index (χ3n) is 6.63. The Balaban J connectivity index is 1.21. The Labute approximate surface area is 211 Å². The summed E-state index contributed by atoms with van der Waals surface area (Å²) in [5.74, 6) is -7.03. The molecule has 15 heteroatoms. The number of benzene rings is 2. The van der Waals surface area contributed by atoms with Crippen molar-refractivity contribution >= 4 is 28.2 Å². The highest BCUT2D eigenvalue weighted by Crippen LogP contribution is 2.34. The first-order valence-corrected chi connectivity index (χ1v) is 11.6. The molecule has 0 saturated heterocycles. The molecular formula is C23H20F4N8O3. The number of nitrogens with two attached hydrogens (primary N) is 1. The lowest BCUT2D eigenvalue weighted by molar-refractivity contribution is -0.384. The highest BCUT2D eigenvalue weighted by molar-refractivity contribution is 5.83. The number of fused-ring (bicyclic) bond motifs is 1. The molecule has 4 aromatic rings. The molecule has 1 aliphatic rings. The summed E-state index contributed by atoms with van der Waals surface area (Å²) in [7, 11) is 0. The summed E-state index contributed by atoms with van der Waals surface area (Å²) in [5.41, 5.74) is 2.80. The number of halogens is 4. The lowest BCUT2D eigenvalue weighted by Gasteiger charge is -2.29. The second kappa shape index (κ2) is 9.72. The molecule has 11 nitrogen and oxygen atoms in total. The molecule has 0 bridgehead atoms. The first-order valence-electron chi connectivity index (χ1n) is 11.6. The molecule has 3 N–H and O–H groups in total. The van der Waals surface area contributed by atoms with Crippen LogP contribution in [0.4, 0.5) is 28.9 Å². The number of carbonyl (C=O) groups excluding carboxylic acids is 1. The molecule has 38 heavy (non-hydrogen) atoms. The number of nitro groups is 1. The molecule has 5 rings (SSSR count). The van der Waals surface area contributed by atoms with Crippen LogP contribution in [-0.2, 0) is 11.3 Å². The molecule has 0 unspecified atom stereocenters. The Morgan fingerprint density at radius 2 is 1.79 bits per heavy atom. The summed E-state index contributed by atoms with van der Waals surface area (Å²) in [5, 5.41) is 26.3. The van der Waals surface area contributed by atoms with Crippen molar-refractivity contribution in [3.63, 3.8) is 0 Å². The van der Waals surface area contributed by atoms with Gasteiger partial charge in [-0.1, -0.05) is 5.21 Å². The Morgan fingerprint density at radius 1 is 1.11 bits per heavy atom. The first-order chi connectivity index (χ1) is 18.1. The average Bonchev–Trinajstić information content (AvgIpc) is 3.54. The minimum absolute atomic E-state index is 0.105. The van der Waals surface area contributed by atoms with Crippen LogP contribution < -0.4 is 11.1 Å². The number of nitrogen functional groups attached to an aromatic ring is 1. The van der Waals surface area contributed by atoms with Crippen LogP contribution in [0.1, 0.15) is 31.7 Å². The summed E-state index contributed by atoms with van der Waals surface area (Å²) in [6, 6.07) is 3.92. The van der Waals surface area contributed by atoms with Crippen molar-refractivity contribution in [2.45, 2.75) is 44.3 Å². The number of amides is 1. The molecule has 0 radical (unpaired) electrons. The highest BCUT2D eigenvalue weighted by atomic mass is 19.2. The van der Waals surface area contributed by atoms with E-state index in [-0.39, 0.29) is 35.9 Å². The third-order valence-corrected chi connectivity index (χ3v) is 6.63. The zero-order chi connectivity index (χ0) is 27.1. The fraction of sp³-hybridized carbons (Fsp3) is 0.304. The number of rotatable bonds is 6. The van der Waals surface area contributed by atoms with E-state index in [1.54, 1.807) is 6.07 Å². The fourth-order valence-corrected chi connectivity index (χ4v) is 4.64. The van der Waals surface area contributed by atoms with Gasteiger partial charge in [0.1, 0.15) is 17.9 Å². The molecule has 2 aromatic carbocycles. The first kappa shape index (κ1) is 25.1. The summed E-state index contributed by atoms with van der Waals surface area (Å²) in [4.78, 5) is 23.2. The molecule has 1 aliphatic carbocycles. The van der Waals surface area contributed by atoms with Gasteiger partial charge in [0.25, 0.3) is 5.69 Å². The van der Waals surface area contributed by atoms with Crippen molar-refractivity contribution in [1.29, 1.82) is 0 Å². The van der Waals surface area contributed by atoms with Crippen molar-refractivity contribution in [3.05, 3.63) is 64.0 Å². The number of non-ortho nitro benzene ring substituents is 1. The topological polar surface area (TPSA) is 147 Å². The van der Waals surface area contributed by atoms with E-state index in [0.717, 1.165) is 0 Å². The third kappa shape index (κ3) is 4.50. The summed E-state index contributed by atoms with van der Waals surface area (Å²) in [6.45, 7) is -0.122. The van der Waals surface area contributed by atoms with Crippen LogP contribution in [0.3, 0.4) is 0 Å². The molecule has 2 heterocycles. The van der Waals surface area contributed by atoms with Crippen molar-refractivity contribution in [3.8, 4) is 11.3 Å². The van der Waals surface area contributed by atoms with Gasteiger partial charge in [0.15, 0.2) is 23.3 Å². The maximum absolute atomic E-state index is 14.3. The normalized spacial score (nSPS) is 17.6. The quantitative estimate of drug-likeness (QED) is 0.127. The smallest absolute Gasteiger partial charge is 0.271 e. The van der Waals surface area contributed by atoms with E-state index in [9.17, 15) is 32.5 Å². The molecule has 0 spiro atoms. The lowest BCUT2D eigenvalue weighted by atomic mass is 9.91. The molecule has 198 valence electrons. The monoisotopic (exact) mass is 532 g/mol. The number of nitro benzene ring substituents is 1. The van der Waals surface area contributed by atoms with Crippen molar-refractivity contribution in [2.24, 2.45) is 0 Å². The number of aromatic nitrogens is 5. The van der Waals surface area contributed by atoms with Crippen molar-refractivity contribution in [1.82, 2.24) is 30.1 Å². The van der Waals surface area contributed by atoms with E-state index in [1.807, 2.05) is 0 Å². The van der Waals surface area contributed by atoms with Gasteiger partial charge in [0, 0.05) is 23.6 Å². The van der Waals surface area contributed by atoms with E-state index in [2.05, 4.69) is 20.7 Å². The SMILES string of the molecule is Nc1c(F)c(F)c(-c2cn(C3CCC(NC(=O)Cn4ncc5ccc([N+](=O)[O-])cc54)CC3)nn2)c(F)c1F. The van der Waals surface area contributed by atoms with Crippen LogP contribution >= 0.6 is 0 Å². The predicted molar refractivity (Wildman–Crippen MR) is 126 cm³/mol. The van der Waals surface area contributed by atoms with Crippen LogP contribution in [0.25, 0.3) is 22.2 Å². The Morgan fingerprint density at radius 3 is 2.45 bits per heavy atom. The van der Waals surface area contributed by atoms with Gasteiger partial charge < -0.3 is 11.1 Å². The van der Waals surface area contributed by atoms with Gasteiger partial charge in [-0.15, -0.1) is 5.10 Å². The largest absolute Gasteiger partial charge is 0.394 e. The van der Waals surface area contributed by atoms with Gasteiger partial charge in [-0.3, -0.25) is 19.6 Å². The van der Waals surface area contributed by atoms with Crippen LogP contribution in [-0.4, -0.2) is 41.6 Å². The van der Waals surface area contributed by atoms with Gasteiger partial charge in [-0.2, -0.15) is 5.10 Å². The van der Waals surface area contributed by atoms with Crippen molar-refractivity contribution < 1.29 is 27.3 Å². The molecule has 1 fully saturated rings. The van der Waals surface area contributed by atoms with Gasteiger partial charge in [0.2, 0.25) is 5.91 Å². The summed E-state index contributed by atoms with van der Waals surface area (Å²) < 4.78 is 59.0. The number of anilines is 1. The minimum Gasteiger partial charge on any atom is -0.394 e. The van der Waals surface area contributed by atoms with E-state index in [4.69, 9.17) is 5.73 Å². The molecule has 2 aromatic heterocycles. The Hall–Kier alpha value is -4.56. The fourth-order valence-electron chi connectivity index (χ4n) is 4.64. The summed E-state index contributed by atoms with van der Waals surface area (Å²) >= 11 is 0. The molecular weight excluding hydrogens is 512 g/mol. The van der Waals surface area contributed by atoms with E-state index in [0.29, 0.717) is 36.6 Å². The van der Waals surface area contributed by atoms with Gasteiger partial charge in [0.05, 0.1) is 34.4 Å². The standard InChI is InChI=1S/C23H20F4N8O3/c24-19-18(20(25)22(27)23(28)21(19)26)15-9-33(32-31-15)13-5-2-12(3-6-13)30-17(36)10-34-16-7-14(35(37)38)4-1-11(16)8-29-34/h1,4,7-9,12-13H,2-3,5-6,10,28H2,(H,30,36). The number of hydrogen-bond donors (Lipinski definition) is 2. The second-order valence-corrected chi connectivity index (χ2v) is 9.00. The van der Waals surface area contributed by atoms with Crippen LogP contribution in [0.5, 0.6) is 0 Å². The zero-order valence-electron chi connectivity index (χ0n) is 19.6. The molecule has 1 amide bonds. The maximum Gasteiger partial charge on any atom is 0.271 e. The number of carbonyl (C=O) groups is 1. The molecule has 0 aliphatic heterocycles. The van der Waals surface area contributed by atoms with E-state index in [1.165, 1.54) is 33.9 Å². The van der Waals surface area contributed by atoms with E-state index >= 15 is 0 Å². The van der Waals surface area contributed by atoms with E-state index < -0.39 is 39.4 Å². The lowest BCUT2D eigenvalue weighted by Crippen LogP contribution is -2.39. The minimum atomic E-state index is -1.70. The number of hydrogen-bond acceptors (Lipinski definition) is 7. The number of nitrogens with zero attached hydrogens (tertiary/aromatic N) is 6. The summed E-state index contributed by atoms with van der Waals surface area (Å²) in [6.07, 6.45) is 4.94. The number of nitrogens with one attached hydrogen (secondary N) is 1. The Bertz CT molecular complexity index is 1530. The molecule has 1 saturated carbocycles. The predicted octanol–water partition coefficient (Wildman–Crippen LogP) is 3.64. The van der Waals surface area contributed by atoms with Crippen LogP contribution in [0.15, 0.2) is 30.6 Å². The van der Waals surface area contributed by atoms with Gasteiger partial charge in [-0.25, -0.2) is 22.2 Å². The Kier molecular flexibility index (Phi) is 6.42. The highest BCUT2D eigenvalue weighted by Gasteiger charge is 2.29. The van der Waals surface area contributed by atoms with Crippen LogP contribution in [0.2, 0.25) is 0 Å². The maximum atomic E-state index is 14.3. The van der Waals surface area contributed by atoms with Gasteiger partial charge >= 0.3 is 0 Å². The zero-order valence-corrected chi connectivity index (χ0v) is 19.6.